The molecule has 8 heteroatoms. The number of hydrogen-bond donors (Lipinski definition) is 0. The minimum atomic E-state index is -0.442. The van der Waals surface area contributed by atoms with Gasteiger partial charge in [-0.15, -0.1) is 0 Å². The van der Waals surface area contributed by atoms with Gasteiger partial charge in [-0.25, -0.2) is 4.39 Å². The van der Waals surface area contributed by atoms with Gasteiger partial charge in [0.05, 0.1) is 23.9 Å². The molecule has 1 aromatic heterocycles. The molecule has 0 bridgehead atoms. The van der Waals surface area contributed by atoms with Crippen LogP contribution in [0.4, 0.5) is 4.39 Å². The molecule has 0 saturated carbocycles. The minimum Gasteiger partial charge on any atom is -0.493 e. The van der Waals surface area contributed by atoms with Crippen LogP contribution in [0, 0.1) is 5.82 Å². The molecule has 0 unspecified atom stereocenters. The number of carbonyl (C=O) groups excluding carboxylic acids is 1. The van der Waals surface area contributed by atoms with Crippen molar-refractivity contribution in [3.8, 4) is 11.5 Å². The Hall–Kier alpha value is -2.71. The van der Waals surface area contributed by atoms with Gasteiger partial charge in [0.15, 0.2) is 22.9 Å². The number of fused-ring (bicyclic) bond motifs is 1. The van der Waals surface area contributed by atoms with E-state index in [9.17, 15) is 9.18 Å². The van der Waals surface area contributed by atoms with Crippen molar-refractivity contribution in [1.82, 2.24) is 4.57 Å². The van der Waals surface area contributed by atoms with Gasteiger partial charge in [-0.1, -0.05) is 23.5 Å². The third-order valence-electron chi connectivity index (χ3n) is 3.95. The Bertz CT molecular complexity index is 1030. The smallest absolute Gasteiger partial charge is 0.286 e. The molecule has 0 aliphatic rings. The molecule has 0 N–H and O–H groups in total. The molecule has 0 saturated heterocycles. The number of methoxy groups -OCH3 is 1. The van der Waals surface area contributed by atoms with Crippen molar-refractivity contribution in [2.75, 3.05) is 26.9 Å². The number of benzene rings is 2. The van der Waals surface area contributed by atoms with Crippen LogP contribution in [-0.2, 0) is 16.1 Å². The molecular formula is C20H21FN2O4S. The summed E-state index contributed by atoms with van der Waals surface area (Å²) in [5.41, 5.74) is 0.809. The molecule has 28 heavy (non-hydrogen) atoms. The Kier molecular flexibility index (Phi) is 6.78. The minimum absolute atomic E-state index is 0.228. The summed E-state index contributed by atoms with van der Waals surface area (Å²) >= 11 is 1.25. The first-order valence-corrected chi connectivity index (χ1v) is 9.64. The van der Waals surface area contributed by atoms with E-state index in [1.807, 2.05) is 17.6 Å². The predicted molar refractivity (Wildman–Crippen MR) is 105 cm³/mol. The summed E-state index contributed by atoms with van der Waals surface area (Å²) in [6.07, 6.45) is 0. The van der Waals surface area contributed by atoms with Gasteiger partial charge in [0.2, 0.25) is 0 Å². The molecule has 0 aliphatic heterocycles. The summed E-state index contributed by atoms with van der Waals surface area (Å²) in [6, 6.07) is 11.6. The molecule has 3 aromatic rings. The number of nitrogens with zero attached hydrogens (tertiary/aromatic N) is 2. The quantitative estimate of drug-likeness (QED) is 0.540. The molecular weight excluding hydrogens is 383 g/mol. The summed E-state index contributed by atoms with van der Waals surface area (Å²) in [5.74, 6) is 0.238. The second kappa shape index (κ2) is 9.48. The third kappa shape index (κ3) is 4.76. The van der Waals surface area contributed by atoms with E-state index in [1.165, 1.54) is 30.6 Å². The normalized spacial score (nSPS) is 11.8. The number of aromatic nitrogens is 1. The third-order valence-corrected chi connectivity index (χ3v) is 4.99. The molecule has 0 spiro atoms. The molecule has 148 valence electrons. The maximum atomic E-state index is 13.6. The number of para-hydroxylation sites is 2. The highest BCUT2D eigenvalue weighted by molar-refractivity contribution is 7.16. The zero-order chi connectivity index (χ0) is 19.9. The monoisotopic (exact) mass is 404 g/mol. The number of carbonyl (C=O) groups is 1. The highest BCUT2D eigenvalue weighted by Gasteiger charge is 2.10. The number of amides is 1. The number of hydrogen-bond acceptors (Lipinski definition) is 5. The van der Waals surface area contributed by atoms with Crippen molar-refractivity contribution in [1.29, 1.82) is 0 Å². The molecule has 0 aliphatic carbocycles. The fraction of sp³-hybridized carbons (Fsp3) is 0.300. The molecule has 1 heterocycles. The first-order chi connectivity index (χ1) is 13.6. The van der Waals surface area contributed by atoms with Crippen molar-refractivity contribution in [3.05, 3.63) is 53.1 Å². The van der Waals surface area contributed by atoms with Crippen LogP contribution in [0.3, 0.4) is 0 Å². The summed E-state index contributed by atoms with van der Waals surface area (Å²) in [4.78, 5) is 17.0. The first kappa shape index (κ1) is 20.0. The van der Waals surface area contributed by atoms with Crippen LogP contribution < -0.4 is 14.3 Å². The lowest BCUT2D eigenvalue weighted by Crippen LogP contribution is -2.21. The molecule has 0 radical (unpaired) electrons. The van der Waals surface area contributed by atoms with Gasteiger partial charge < -0.3 is 18.8 Å². The van der Waals surface area contributed by atoms with Gasteiger partial charge in [0.25, 0.3) is 5.91 Å². The van der Waals surface area contributed by atoms with Crippen molar-refractivity contribution >= 4 is 27.5 Å². The second-order valence-electron chi connectivity index (χ2n) is 5.79. The topological polar surface area (TPSA) is 62.1 Å². The van der Waals surface area contributed by atoms with Crippen LogP contribution in [0.15, 0.2) is 47.5 Å². The lowest BCUT2D eigenvalue weighted by atomic mass is 10.3. The zero-order valence-corrected chi connectivity index (χ0v) is 16.5. The molecule has 1 amide bonds. The van der Waals surface area contributed by atoms with E-state index in [0.717, 1.165) is 5.52 Å². The van der Waals surface area contributed by atoms with Crippen LogP contribution in [0.2, 0.25) is 0 Å². The van der Waals surface area contributed by atoms with E-state index < -0.39 is 5.91 Å². The number of rotatable bonds is 8. The van der Waals surface area contributed by atoms with Crippen molar-refractivity contribution in [2.24, 2.45) is 4.99 Å². The molecule has 0 atom stereocenters. The molecule has 3 rings (SSSR count). The summed E-state index contributed by atoms with van der Waals surface area (Å²) in [7, 11) is 1.53. The Balaban J connectivity index is 1.84. The predicted octanol–water partition coefficient (Wildman–Crippen LogP) is 3.39. The number of ether oxygens (including phenoxy) is 3. The molecule has 0 fully saturated rings. The lowest BCUT2D eigenvalue weighted by Gasteiger charge is -2.08. The second-order valence-corrected chi connectivity index (χ2v) is 6.80. The van der Waals surface area contributed by atoms with E-state index in [2.05, 4.69) is 4.99 Å². The van der Waals surface area contributed by atoms with Gasteiger partial charge in [-0.3, -0.25) is 4.79 Å². The van der Waals surface area contributed by atoms with E-state index in [0.29, 0.717) is 40.8 Å². The number of halogens is 1. The summed E-state index contributed by atoms with van der Waals surface area (Å²) in [6.45, 7) is 3.26. The fourth-order valence-corrected chi connectivity index (χ4v) is 3.76. The Labute approximate surface area is 165 Å². The van der Waals surface area contributed by atoms with Crippen molar-refractivity contribution in [2.45, 2.75) is 13.5 Å². The van der Waals surface area contributed by atoms with E-state index in [-0.39, 0.29) is 12.4 Å². The highest BCUT2D eigenvalue weighted by atomic mass is 32.1. The van der Waals surface area contributed by atoms with Crippen LogP contribution >= 0.6 is 11.3 Å². The average molecular weight is 404 g/mol. The standard InChI is InChI=1S/C20H21FN2O4S/c1-3-26-11-10-23-15-9-8-14(21)12-18(15)28-20(23)22-19(24)13-27-17-7-5-4-6-16(17)25-2/h4-9,12H,3,10-11,13H2,1-2H3. The lowest BCUT2D eigenvalue weighted by molar-refractivity contribution is -0.120. The summed E-state index contributed by atoms with van der Waals surface area (Å²) < 4.78 is 32.3. The first-order valence-electron chi connectivity index (χ1n) is 8.82. The van der Waals surface area contributed by atoms with Crippen LogP contribution in [-0.4, -0.2) is 37.4 Å². The SMILES string of the molecule is CCOCCn1c(=NC(=O)COc2ccccc2OC)sc2cc(F)ccc21. The van der Waals surface area contributed by atoms with Crippen LogP contribution in [0.5, 0.6) is 11.5 Å². The number of thiazole rings is 1. The van der Waals surface area contributed by atoms with Gasteiger partial charge in [0, 0.05) is 13.2 Å². The van der Waals surface area contributed by atoms with E-state index >= 15 is 0 Å². The molecule has 2 aromatic carbocycles. The molecule has 6 nitrogen and oxygen atoms in total. The van der Waals surface area contributed by atoms with Crippen molar-refractivity contribution < 1.29 is 23.4 Å². The zero-order valence-electron chi connectivity index (χ0n) is 15.7. The average Bonchev–Trinajstić information content (AvgIpc) is 3.02. The van der Waals surface area contributed by atoms with Gasteiger partial charge >= 0.3 is 0 Å². The van der Waals surface area contributed by atoms with E-state index in [4.69, 9.17) is 14.2 Å². The highest BCUT2D eigenvalue weighted by Crippen LogP contribution is 2.25. The fourth-order valence-electron chi connectivity index (χ4n) is 2.67. The van der Waals surface area contributed by atoms with Crippen LogP contribution in [0.1, 0.15) is 6.92 Å². The maximum absolute atomic E-state index is 13.6. The Morgan fingerprint density at radius 3 is 2.75 bits per heavy atom. The van der Waals surface area contributed by atoms with Gasteiger partial charge in [0.1, 0.15) is 5.82 Å². The van der Waals surface area contributed by atoms with E-state index in [1.54, 1.807) is 24.3 Å². The maximum Gasteiger partial charge on any atom is 0.286 e. The van der Waals surface area contributed by atoms with Crippen molar-refractivity contribution in [3.63, 3.8) is 0 Å². The largest absolute Gasteiger partial charge is 0.493 e. The van der Waals surface area contributed by atoms with Gasteiger partial charge in [-0.05, 0) is 37.3 Å². The summed E-state index contributed by atoms with van der Waals surface area (Å²) in [5, 5.41) is 0. The van der Waals surface area contributed by atoms with Crippen LogP contribution in [0.25, 0.3) is 10.2 Å². The Morgan fingerprint density at radius 1 is 1.21 bits per heavy atom. The van der Waals surface area contributed by atoms with Gasteiger partial charge in [-0.2, -0.15) is 4.99 Å². The Morgan fingerprint density at radius 2 is 2.00 bits per heavy atom.